The Morgan fingerprint density at radius 1 is 0.926 bits per heavy atom. The van der Waals surface area contributed by atoms with Crippen LogP contribution >= 0.6 is 0 Å². The van der Waals surface area contributed by atoms with Crippen LogP contribution in [0.5, 0.6) is 0 Å². The van der Waals surface area contributed by atoms with Gasteiger partial charge in [0.1, 0.15) is 0 Å². The summed E-state index contributed by atoms with van der Waals surface area (Å²) in [7, 11) is -3.25. The molecule has 2 heterocycles. The quantitative estimate of drug-likeness (QED) is 0.756. The first-order valence-corrected chi connectivity index (χ1v) is 10.6. The molecule has 0 spiro atoms. The molecular formula is C20H20N2O4S. The van der Waals surface area contributed by atoms with Gasteiger partial charge in [-0.15, -0.1) is 0 Å². The number of carbonyl (C=O) groups is 2. The molecule has 6 nitrogen and oxygen atoms in total. The van der Waals surface area contributed by atoms with Crippen molar-refractivity contribution in [2.45, 2.75) is 19.0 Å². The van der Waals surface area contributed by atoms with Crippen LogP contribution in [0.4, 0.5) is 11.4 Å². The summed E-state index contributed by atoms with van der Waals surface area (Å²) >= 11 is 0. The van der Waals surface area contributed by atoms with Gasteiger partial charge in [-0.05, 0) is 43.3 Å². The topological polar surface area (TPSA) is 74.8 Å². The van der Waals surface area contributed by atoms with E-state index < -0.39 is 15.9 Å². The van der Waals surface area contributed by atoms with Gasteiger partial charge in [0.15, 0.2) is 15.6 Å². The molecule has 0 radical (unpaired) electrons. The third-order valence-corrected chi connectivity index (χ3v) is 6.94. The van der Waals surface area contributed by atoms with Crippen molar-refractivity contribution < 1.29 is 18.0 Å². The Morgan fingerprint density at radius 3 is 2.19 bits per heavy atom. The van der Waals surface area contributed by atoms with Gasteiger partial charge in [-0.1, -0.05) is 18.2 Å². The molecule has 2 fully saturated rings. The maximum atomic E-state index is 13.0. The Morgan fingerprint density at radius 2 is 1.56 bits per heavy atom. The molecule has 27 heavy (non-hydrogen) atoms. The van der Waals surface area contributed by atoms with Crippen LogP contribution in [0.1, 0.15) is 17.3 Å². The number of sulfone groups is 1. The van der Waals surface area contributed by atoms with Gasteiger partial charge in [-0.25, -0.2) is 8.42 Å². The Hall–Kier alpha value is -2.67. The van der Waals surface area contributed by atoms with Crippen LogP contribution in [0.15, 0.2) is 54.6 Å². The van der Waals surface area contributed by atoms with E-state index in [1.165, 1.54) is 6.92 Å². The first-order chi connectivity index (χ1) is 12.9. The van der Waals surface area contributed by atoms with E-state index in [2.05, 4.69) is 0 Å². The molecule has 4 rings (SSSR count). The van der Waals surface area contributed by atoms with E-state index in [4.69, 9.17) is 0 Å². The summed E-state index contributed by atoms with van der Waals surface area (Å²) in [4.78, 5) is 28.0. The Balaban J connectivity index is 1.73. The van der Waals surface area contributed by atoms with Gasteiger partial charge in [-0.3, -0.25) is 9.59 Å². The average molecular weight is 384 g/mol. The Kier molecular flexibility index (Phi) is 4.26. The van der Waals surface area contributed by atoms with Gasteiger partial charge in [0, 0.05) is 16.9 Å². The second kappa shape index (κ2) is 6.49. The number of Topliss-reactive ketones (excluding diaryl/α,β-unsaturated/α-hetero) is 1. The first-order valence-electron chi connectivity index (χ1n) is 8.81. The second-order valence-electron chi connectivity index (χ2n) is 7.04. The van der Waals surface area contributed by atoms with Crippen molar-refractivity contribution in [1.29, 1.82) is 0 Å². The van der Waals surface area contributed by atoms with Crippen molar-refractivity contribution in [2.75, 3.05) is 27.9 Å². The largest absolute Gasteiger partial charge is 0.356 e. The maximum Gasteiger partial charge on any atom is 0.246 e. The van der Waals surface area contributed by atoms with Gasteiger partial charge in [0.05, 0.1) is 30.1 Å². The molecule has 0 aliphatic carbocycles. The molecule has 0 bridgehead atoms. The van der Waals surface area contributed by atoms with Crippen molar-refractivity contribution in [3.63, 3.8) is 0 Å². The molecule has 7 heteroatoms. The summed E-state index contributed by atoms with van der Waals surface area (Å²) in [6, 6.07) is 15.5. The van der Waals surface area contributed by atoms with Gasteiger partial charge in [0.25, 0.3) is 0 Å². The fourth-order valence-corrected chi connectivity index (χ4v) is 5.92. The minimum Gasteiger partial charge on any atom is -0.356 e. The maximum absolute atomic E-state index is 13.0. The van der Waals surface area contributed by atoms with Gasteiger partial charge in [0.2, 0.25) is 5.91 Å². The van der Waals surface area contributed by atoms with Crippen LogP contribution in [0.25, 0.3) is 0 Å². The monoisotopic (exact) mass is 384 g/mol. The SMILES string of the molecule is CC(=O)c1ccc(N2C(=O)CN(c3ccccc3)C3CS(=O)(=O)CC32)cc1. The van der Waals surface area contributed by atoms with Crippen LogP contribution in [-0.4, -0.2) is 50.2 Å². The van der Waals surface area contributed by atoms with Gasteiger partial charge < -0.3 is 9.80 Å². The van der Waals surface area contributed by atoms with Crippen LogP contribution in [0.2, 0.25) is 0 Å². The van der Waals surface area contributed by atoms with Crippen molar-refractivity contribution in [3.8, 4) is 0 Å². The molecule has 2 aliphatic rings. The number of anilines is 2. The fourth-order valence-electron chi connectivity index (χ4n) is 3.97. The summed E-state index contributed by atoms with van der Waals surface area (Å²) in [6.07, 6.45) is 0. The number of ketones is 1. The zero-order valence-electron chi connectivity index (χ0n) is 14.9. The van der Waals surface area contributed by atoms with E-state index in [1.807, 2.05) is 35.2 Å². The molecule has 0 saturated carbocycles. The van der Waals surface area contributed by atoms with Crippen molar-refractivity contribution in [3.05, 3.63) is 60.2 Å². The number of nitrogens with zero attached hydrogens (tertiary/aromatic N) is 2. The smallest absolute Gasteiger partial charge is 0.246 e. The average Bonchev–Trinajstić information content (AvgIpc) is 2.96. The Bertz CT molecular complexity index is 986. The Labute approximate surface area is 158 Å². The van der Waals surface area contributed by atoms with E-state index in [1.54, 1.807) is 29.2 Å². The number of benzene rings is 2. The van der Waals surface area contributed by atoms with Crippen LogP contribution in [0.3, 0.4) is 0 Å². The lowest BCUT2D eigenvalue weighted by Crippen LogP contribution is -2.62. The predicted molar refractivity (Wildman–Crippen MR) is 104 cm³/mol. The molecule has 0 aromatic heterocycles. The summed E-state index contributed by atoms with van der Waals surface area (Å²) in [5.41, 5.74) is 2.04. The highest BCUT2D eigenvalue weighted by Gasteiger charge is 2.49. The highest BCUT2D eigenvalue weighted by molar-refractivity contribution is 7.91. The second-order valence-corrected chi connectivity index (χ2v) is 9.20. The molecule has 2 aromatic rings. The van der Waals surface area contributed by atoms with Crippen molar-refractivity contribution >= 4 is 32.9 Å². The molecule has 0 N–H and O–H groups in total. The van der Waals surface area contributed by atoms with Crippen molar-refractivity contribution in [2.24, 2.45) is 0 Å². The fraction of sp³-hybridized carbons (Fsp3) is 0.300. The van der Waals surface area contributed by atoms with E-state index in [9.17, 15) is 18.0 Å². The number of piperazine rings is 1. The van der Waals surface area contributed by atoms with E-state index in [-0.39, 0.29) is 35.8 Å². The number of fused-ring (bicyclic) bond motifs is 1. The van der Waals surface area contributed by atoms with E-state index in [0.29, 0.717) is 11.3 Å². The zero-order valence-corrected chi connectivity index (χ0v) is 15.7. The lowest BCUT2D eigenvalue weighted by Gasteiger charge is -2.44. The number of para-hydroxylation sites is 1. The molecule has 2 unspecified atom stereocenters. The number of rotatable bonds is 3. The standard InChI is InChI=1S/C20H20N2O4S/c1-14(23)15-7-9-17(10-8-15)22-19-13-27(25,26)12-18(19)21(11-20(22)24)16-5-3-2-4-6-16/h2-10,18-19H,11-13H2,1H3. The summed E-state index contributed by atoms with van der Waals surface area (Å²) in [6.45, 7) is 1.60. The van der Waals surface area contributed by atoms with E-state index in [0.717, 1.165) is 5.69 Å². The van der Waals surface area contributed by atoms with Crippen LogP contribution < -0.4 is 9.80 Å². The predicted octanol–water partition coefficient (Wildman–Crippen LogP) is 1.91. The molecule has 2 aliphatic heterocycles. The van der Waals surface area contributed by atoms with Gasteiger partial charge in [-0.2, -0.15) is 0 Å². The summed E-state index contributed by atoms with van der Waals surface area (Å²) in [5, 5.41) is 0. The molecule has 140 valence electrons. The van der Waals surface area contributed by atoms with Crippen LogP contribution in [0, 0.1) is 0 Å². The third kappa shape index (κ3) is 3.23. The van der Waals surface area contributed by atoms with Crippen molar-refractivity contribution in [1.82, 2.24) is 0 Å². The van der Waals surface area contributed by atoms with Crippen LogP contribution in [-0.2, 0) is 14.6 Å². The summed E-state index contributed by atoms with van der Waals surface area (Å²) < 4.78 is 24.8. The summed E-state index contributed by atoms with van der Waals surface area (Å²) in [5.74, 6) is -0.223. The highest BCUT2D eigenvalue weighted by atomic mass is 32.2. The first kappa shape index (κ1) is 17.7. The number of amides is 1. The molecule has 2 atom stereocenters. The lowest BCUT2D eigenvalue weighted by atomic mass is 10.0. The molecule has 2 aromatic carbocycles. The molecular weight excluding hydrogens is 364 g/mol. The molecule has 1 amide bonds. The highest BCUT2D eigenvalue weighted by Crippen LogP contribution is 2.34. The lowest BCUT2D eigenvalue weighted by molar-refractivity contribution is -0.118. The normalized spacial score (nSPS) is 24.0. The minimum absolute atomic E-state index is 0.0296. The number of hydrogen-bond donors (Lipinski definition) is 0. The molecule has 2 saturated heterocycles. The number of carbonyl (C=O) groups excluding carboxylic acids is 2. The zero-order chi connectivity index (χ0) is 19.2. The van der Waals surface area contributed by atoms with E-state index >= 15 is 0 Å². The number of hydrogen-bond acceptors (Lipinski definition) is 5. The third-order valence-electron chi connectivity index (χ3n) is 5.24. The van der Waals surface area contributed by atoms with Gasteiger partial charge >= 0.3 is 0 Å². The minimum atomic E-state index is -3.25.